The molecule has 25 heavy (non-hydrogen) atoms. The molecule has 1 aromatic rings. The van der Waals surface area contributed by atoms with E-state index in [1.54, 1.807) is 0 Å². The summed E-state index contributed by atoms with van der Waals surface area (Å²) >= 11 is 6.84. The van der Waals surface area contributed by atoms with Crippen molar-refractivity contribution in [3.05, 3.63) is 35.9 Å². The fraction of sp³-hybridized carbons (Fsp3) is 0.739. The van der Waals surface area contributed by atoms with Crippen molar-refractivity contribution >= 4 is 11.6 Å². The molecule has 3 N–H and O–H groups in total. The van der Waals surface area contributed by atoms with Crippen LogP contribution < -0.4 is 6.15 Å². The molecule has 0 spiro atoms. The molecule has 0 aromatic heterocycles. The van der Waals surface area contributed by atoms with Gasteiger partial charge in [0.2, 0.25) is 0 Å². The Morgan fingerprint density at radius 3 is 1.84 bits per heavy atom. The number of rotatable bonds is 14. The summed E-state index contributed by atoms with van der Waals surface area (Å²) in [5.41, 5.74) is 1.35. The zero-order chi connectivity index (χ0) is 17.7. The summed E-state index contributed by atoms with van der Waals surface area (Å²) in [6.45, 7) is 6.82. The third-order valence-electron chi connectivity index (χ3n) is 5.41. The molecule has 1 rings (SSSR count). The highest BCUT2D eigenvalue weighted by Crippen LogP contribution is 2.32. The Bertz CT molecular complexity index is 402. The Balaban J connectivity index is 0.00000576. The molecule has 2 unspecified atom stereocenters. The van der Waals surface area contributed by atoms with Crippen LogP contribution in [0.2, 0.25) is 0 Å². The van der Waals surface area contributed by atoms with E-state index in [1.807, 2.05) is 0 Å². The predicted molar refractivity (Wildman–Crippen MR) is 115 cm³/mol. The second-order valence-electron chi connectivity index (χ2n) is 7.81. The highest BCUT2D eigenvalue weighted by Gasteiger charge is 2.28. The summed E-state index contributed by atoms with van der Waals surface area (Å²) in [7, 11) is 0. The van der Waals surface area contributed by atoms with Gasteiger partial charge >= 0.3 is 0 Å². The lowest BCUT2D eigenvalue weighted by Gasteiger charge is -2.29. The molecule has 2 heteroatoms. The van der Waals surface area contributed by atoms with Gasteiger partial charge in [-0.15, -0.1) is 11.6 Å². The molecule has 0 radical (unpaired) electrons. The molecule has 0 saturated heterocycles. The first-order valence-corrected chi connectivity index (χ1v) is 10.7. The molecule has 0 amide bonds. The molecule has 0 saturated carbocycles. The van der Waals surface area contributed by atoms with Gasteiger partial charge < -0.3 is 6.15 Å². The first-order valence-electron chi connectivity index (χ1n) is 10.3. The van der Waals surface area contributed by atoms with Crippen LogP contribution in [0.25, 0.3) is 0 Å². The minimum absolute atomic E-state index is 0. The molecule has 0 aliphatic heterocycles. The number of benzene rings is 1. The first-order chi connectivity index (χ1) is 11.6. The second kappa shape index (κ2) is 14.6. The molecule has 0 fully saturated rings. The van der Waals surface area contributed by atoms with Crippen LogP contribution in [0.3, 0.4) is 0 Å². The molecule has 1 aromatic carbocycles. The third kappa shape index (κ3) is 11.7. The zero-order valence-corrected chi connectivity index (χ0v) is 17.8. The molecular weight excluding hydrogens is 326 g/mol. The molecule has 0 aliphatic carbocycles. The maximum Gasteiger partial charge on any atom is 0.0484 e. The molecule has 146 valence electrons. The SMILES string of the molecule is CCCCCCCCCCCCC(C)C(C)(Cl)Cc1ccccc1.N. The van der Waals surface area contributed by atoms with Gasteiger partial charge in [-0.2, -0.15) is 0 Å². The quantitative estimate of drug-likeness (QED) is 0.260. The van der Waals surface area contributed by atoms with Gasteiger partial charge in [0.15, 0.2) is 0 Å². The van der Waals surface area contributed by atoms with Gasteiger partial charge in [-0.25, -0.2) is 0 Å². The highest BCUT2D eigenvalue weighted by molar-refractivity contribution is 6.24. The van der Waals surface area contributed by atoms with Crippen LogP contribution in [0.5, 0.6) is 0 Å². The van der Waals surface area contributed by atoms with Crippen molar-refractivity contribution in [2.24, 2.45) is 5.92 Å². The van der Waals surface area contributed by atoms with Crippen LogP contribution in [-0.4, -0.2) is 4.87 Å². The number of hydrogen-bond acceptors (Lipinski definition) is 1. The number of hydrogen-bond donors (Lipinski definition) is 1. The van der Waals surface area contributed by atoms with E-state index in [4.69, 9.17) is 11.6 Å². The Kier molecular flexibility index (Phi) is 14.3. The van der Waals surface area contributed by atoms with Crippen LogP contribution in [0.4, 0.5) is 0 Å². The summed E-state index contributed by atoms with van der Waals surface area (Å²) in [6, 6.07) is 10.7. The molecule has 0 heterocycles. The fourth-order valence-electron chi connectivity index (χ4n) is 3.41. The van der Waals surface area contributed by atoms with Crippen LogP contribution in [0.15, 0.2) is 30.3 Å². The van der Waals surface area contributed by atoms with Crippen LogP contribution in [0, 0.1) is 5.92 Å². The molecule has 1 nitrogen and oxygen atoms in total. The van der Waals surface area contributed by atoms with Crippen molar-refractivity contribution < 1.29 is 0 Å². The van der Waals surface area contributed by atoms with Crippen molar-refractivity contribution in [3.8, 4) is 0 Å². The normalized spacial score (nSPS) is 14.6. The average Bonchev–Trinajstić information content (AvgIpc) is 2.57. The summed E-state index contributed by atoms with van der Waals surface area (Å²) in [5, 5.41) is 0. The summed E-state index contributed by atoms with van der Waals surface area (Å²) < 4.78 is 0. The Hall–Kier alpha value is -0.530. The smallest absolute Gasteiger partial charge is 0.0484 e. The van der Waals surface area contributed by atoms with Crippen LogP contribution in [-0.2, 0) is 6.42 Å². The monoisotopic (exact) mass is 367 g/mol. The summed E-state index contributed by atoms with van der Waals surface area (Å²) in [4.78, 5) is -0.124. The number of halogens is 1. The highest BCUT2D eigenvalue weighted by atomic mass is 35.5. The number of alkyl halides is 1. The molecular formula is C23H42ClN. The van der Waals surface area contributed by atoms with Crippen molar-refractivity contribution in [2.45, 2.75) is 103 Å². The van der Waals surface area contributed by atoms with E-state index < -0.39 is 0 Å². The van der Waals surface area contributed by atoms with E-state index in [1.165, 1.54) is 76.2 Å². The van der Waals surface area contributed by atoms with Crippen molar-refractivity contribution in [1.82, 2.24) is 6.15 Å². The number of unbranched alkanes of at least 4 members (excludes halogenated alkanes) is 9. The average molecular weight is 368 g/mol. The molecule has 0 aliphatic rings. The van der Waals surface area contributed by atoms with E-state index >= 15 is 0 Å². The van der Waals surface area contributed by atoms with Gasteiger partial charge in [0, 0.05) is 4.87 Å². The Morgan fingerprint density at radius 1 is 0.840 bits per heavy atom. The van der Waals surface area contributed by atoms with Crippen molar-refractivity contribution in [2.75, 3.05) is 0 Å². The van der Waals surface area contributed by atoms with Gasteiger partial charge in [-0.05, 0) is 31.2 Å². The van der Waals surface area contributed by atoms with Gasteiger partial charge in [-0.1, -0.05) is 108 Å². The fourth-order valence-corrected chi connectivity index (χ4v) is 3.67. The van der Waals surface area contributed by atoms with E-state index in [0.29, 0.717) is 5.92 Å². The van der Waals surface area contributed by atoms with Crippen LogP contribution in [0.1, 0.15) is 97.0 Å². The lowest BCUT2D eigenvalue weighted by molar-refractivity contribution is 0.376. The standard InChI is InChI=1S/C23H39Cl.H3N/c1-4-5-6-7-8-9-10-11-12-14-17-21(2)23(3,24)20-22-18-15-13-16-19-22;/h13,15-16,18-19,21H,4-12,14,17,20H2,1-3H3;1H3. The maximum atomic E-state index is 6.84. The molecule has 0 bridgehead atoms. The second-order valence-corrected chi connectivity index (χ2v) is 8.68. The van der Waals surface area contributed by atoms with Gasteiger partial charge in [0.05, 0.1) is 0 Å². The first kappa shape index (κ1) is 24.5. The zero-order valence-electron chi connectivity index (χ0n) is 17.0. The topological polar surface area (TPSA) is 35.0 Å². The van der Waals surface area contributed by atoms with E-state index in [2.05, 4.69) is 51.1 Å². The van der Waals surface area contributed by atoms with Crippen molar-refractivity contribution in [1.29, 1.82) is 0 Å². The maximum absolute atomic E-state index is 6.84. The largest absolute Gasteiger partial charge is 0.344 e. The lowest BCUT2D eigenvalue weighted by atomic mass is 9.85. The van der Waals surface area contributed by atoms with E-state index in [-0.39, 0.29) is 11.0 Å². The van der Waals surface area contributed by atoms with E-state index in [9.17, 15) is 0 Å². The van der Waals surface area contributed by atoms with Gasteiger partial charge in [0.1, 0.15) is 0 Å². The summed E-state index contributed by atoms with van der Waals surface area (Å²) in [6.07, 6.45) is 16.2. The van der Waals surface area contributed by atoms with E-state index in [0.717, 1.165) is 6.42 Å². The third-order valence-corrected chi connectivity index (χ3v) is 5.92. The molecule has 2 atom stereocenters. The van der Waals surface area contributed by atoms with Gasteiger partial charge in [0.25, 0.3) is 0 Å². The van der Waals surface area contributed by atoms with Crippen molar-refractivity contribution in [3.63, 3.8) is 0 Å². The Labute approximate surface area is 162 Å². The van der Waals surface area contributed by atoms with Crippen LogP contribution >= 0.6 is 11.6 Å². The minimum atomic E-state index is -0.124. The summed E-state index contributed by atoms with van der Waals surface area (Å²) in [5.74, 6) is 0.563. The minimum Gasteiger partial charge on any atom is -0.344 e. The lowest BCUT2D eigenvalue weighted by Crippen LogP contribution is -2.29. The Morgan fingerprint density at radius 2 is 1.32 bits per heavy atom. The van der Waals surface area contributed by atoms with Gasteiger partial charge in [-0.3, -0.25) is 0 Å². The predicted octanol–water partition coefficient (Wildman–Crippen LogP) is 8.34.